The van der Waals surface area contributed by atoms with E-state index in [4.69, 9.17) is 16.3 Å². The van der Waals surface area contributed by atoms with Crippen LogP contribution < -0.4 is 9.64 Å². The van der Waals surface area contributed by atoms with Crippen molar-refractivity contribution in [3.8, 4) is 5.75 Å². The summed E-state index contributed by atoms with van der Waals surface area (Å²) in [5.74, 6) is 0.137. The zero-order chi connectivity index (χ0) is 16.9. The molecule has 1 amide bonds. The van der Waals surface area contributed by atoms with Crippen molar-refractivity contribution in [3.05, 3.63) is 65.2 Å². The molecule has 0 unspecified atom stereocenters. The third-order valence-electron chi connectivity index (χ3n) is 3.72. The number of nitrogens with zero attached hydrogens (tertiary/aromatic N) is 1. The number of halogens is 1. The number of ether oxygens (including phenoxy) is 1. The van der Waals surface area contributed by atoms with E-state index < -0.39 is 5.97 Å². The predicted molar refractivity (Wildman–Crippen MR) is 94.2 cm³/mol. The maximum Gasteiger partial charge on any atom is 0.336 e. The first-order valence-electron chi connectivity index (χ1n) is 7.68. The van der Waals surface area contributed by atoms with Crippen molar-refractivity contribution in [3.63, 3.8) is 0 Å². The summed E-state index contributed by atoms with van der Waals surface area (Å²) >= 11 is 5.78. The van der Waals surface area contributed by atoms with Gasteiger partial charge in [0.2, 0.25) is 5.91 Å². The highest BCUT2D eigenvalue weighted by molar-refractivity contribution is 6.30. The number of amides is 1. The Labute approximate surface area is 145 Å². The molecule has 1 aliphatic heterocycles. The minimum Gasteiger partial charge on any atom is -0.423 e. The molecule has 0 bridgehead atoms. The fraction of sp³-hybridized carbons (Fsp3) is 0.158. The van der Waals surface area contributed by atoms with E-state index in [2.05, 4.69) is 0 Å². The fourth-order valence-electron chi connectivity index (χ4n) is 2.50. The predicted octanol–water partition coefficient (Wildman–Crippen LogP) is 4.09. The molecule has 1 aliphatic rings. The van der Waals surface area contributed by atoms with Crippen molar-refractivity contribution in [1.82, 2.24) is 0 Å². The molecular formula is C19H16ClNO3. The molecule has 2 aromatic carbocycles. The van der Waals surface area contributed by atoms with Gasteiger partial charge in [0.1, 0.15) is 5.75 Å². The molecular weight excluding hydrogens is 326 g/mol. The summed E-state index contributed by atoms with van der Waals surface area (Å²) in [7, 11) is 0. The van der Waals surface area contributed by atoms with Crippen LogP contribution in [-0.4, -0.2) is 18.4 Å². The third-order valence-corrected chi connectivity index (χ3v) is 3.97. The Balaban J connectivity index is 1.60. The lowest BCUT2D eigenvalue weighted by Crippen LogP contribution is -2.23. The first kappa shape index (κ1) is 16.3. The van der Waals surface area contributed by atoms with Crippen LogP contribution in [0.15, 0.2) is 54.6 Å². The van der Waals surface area contributed by atoms with Gasteiger partial charge in [0, 0.05) is 29.8 Å². The van der Waals surface area contributed by atoms with E-state index in [1.54, 1.807) is 35.2 Å². The summed E-state index contributed by atoms with van der Waals surface area (Å²) in [5.41, 5.74) is 1.75. The minimum atomic E-state index is -0.462. The van der Waals surface area contributed by atoms with E-state index in [0.29, 0.717) is 17.2 Å². The van der Waals surface area contributed by atoms with E-state index in [-0.39, 0.29) is 5.91 Å². The summed E-state index contributed by atoms with van der Waals surface area (Å²) < 4.78 is 5.17. The van der Waals surface area contributed by atoms with Crippen LogP contribution in [0.1, 0.15) is 18.4 Å². The third kappa shape index (κ3) is 4.03. The Hall–Kier alpha value is -2.59. The zero-order valence-corrected chi connectivity index (χ0v) is 13.7. The molecule has 5 heteroatoms. The van der Waals surface area contributed by atoms with Gasteiger partial charge in [-0.05, 0) is 54.5 Å². The average Bonchev–Trinajstić information content (AvgIpc) is 3.02. The van der Waals surface area contributed by atoms with E-state index >= 15 is 0 Å². The Morgan fingerprint density at radius 1 is 1.08 bits per heavy atom. The molecule has 0 N–H and O–H groups in total. The van der Waals surface area contributed by atoms with E-state index in [0.717, 1.165) is 24.2 Å². The van der Waals surface area contributed by atoms with Crippen molar-refractivity contribution in [2.24, 2.45) is 0 Å². The van der Waals surface area contributed by atoms with Crippen LogP contribution in [0.5, 0.6) is 5.75 Å². The van der Waals surface area contributed by atoms with E-state index in [1.165, 1.54) is 6.08 Å². The van der Waals surface area contributed by atoms with E-state index in [9.17, 15) is 9.59 Å². The Kier molecular flexibility index (Phi) is 4.96. The summed E-state index contributed by atoms with van der Waals surface area (Å²) in [6, 6.07) is 14.1. The van der Waals surface area contributed by atoms with Gasteiger partial charge in [-0.25, -0.2) is 4.79 Å². The normalized spacial score (nSPS) is 14.4. The molecule has 1 fully saturated rings. The number of hydrogen-bond donors (Lipinski definition) is 0. The highest BCUT2D eigenvalue weighted by Gasteiger charge is 2.21. The van der Waals surface area contributed by atoms with Gasteiger partial charge in [-0.3, -0.25) is 4.79 Å². The van der Waals surface area contributed by atoms with Crippen molar-refractivity contribution >= 4 is 35.2 Å². The van der Waals surface area contributed by atoms with Gasteiger partial charge in [0.15, 0.2) is 0 Å². The van der Waals surface area contributed by atoms with Gasteiger partial charge in [-0.1, -0.05) is 23.7 Å². The van der Waals surface area contributed by atoms with Gasteiger partial charge in [-0.15, -0.1) is 0 Å². The lowest BCUT2D eigenvalue weighted by molar-refractivity contribution is -0.128. The van der Waals surface area contributed by atoms with Crippen molar-refractivity contribution in [2.75, 3.05) is 11.4 Å². The standard InChI is InChI=1S/C19H16ClNO3/c20-15-6-10-17(11-7-15)24-19(23)12-5-14-3-8-16(9-4-14)21-13-1-2-18(21)22/h3-12H,1-2,13H2/b12-5+. The molecule has 0 atom stereocenters. The number of anilines is 1. The lowest BCUT2D eigenvalue weighted by atomic mass is 10.2. The molecule has 0 spiro atoms. The smallest absolute Gasteiger partial charge is 0.336 e. The Morgan fingerprint density at radius 3 is 2.42 bits per heavy atom. The second-order valence-corrected chi connectivity index (χ2v) is 5.89. The zero-order valence-electron chi connectivity index (χ0n) is 12.9. The first-order valence-corrected chi connectivity index (χ1v) is 8.05. The second kappa shape index (κ2) is 7.32. The number of carbonyl (C=O) groups excluding carboxylic acids is 2. The Morgan fingerprint density at radius 2 is 1.79 bits per heavy atom. The molecule has 1 saturated heterocycles. The fourth-order valence-corrected chi connectivity index (χ4v) is 2.63. The number of rotatable bonds is 4. The largest absolute Gasteiger partial charge is 0.423 e. The van der Waals surface area contributed by atoms with Gasteiger partial charge in [0.25, 0.3) is 0 Å². The minimum absolute atomic E-state index is 0.157. The molecule has 0 saturated carbocycles. The summed E-state index contributed by atoms with van der Waals surface area (Å²) in [6.45, 7) is 0.765. The van der Waals surface area contributed by atoms with Crippen molar-refractivity contribution < 1.29 is 14.3 Å². The summed E-state index contributed by atoms with van der Waals surface area (Å²) in [6.07, 6.45) is 4.55. The quantitative estimate of drug-likeness (QED) is 0.478. The van der Waals surface area contributed by atoms with Crippen LogP contribution >= 0.6 is 11.6 Å². The SMILES string of the molecule is O=C(/C=C/c1ccc(N2CCCC2=O)cc1)Oc1ccc(Cl)cc1. The molecule has 3 rings (SSSR count). The van der Waals surface area contributed by atoms with Crippen LogP contribution in [-0.2, 0) is 9.59 Å². The van der Waals surface area contributed by atoms with Crippen molar-refractivity contribution in [1.29, 1.82) is 0 Å². The van der Waals surface area contributed by atoms with E-state index in [1.807, 2.05) is 24.3 Å². The monoisotopic (exact) mass is 341 g/mol. The van der Waals surface area contributed by atoms with Gasteiger partial charge < -0.3 is 9.64 Å². The molecule has 24 heavy (non-hydrogen) atoms. The van der Waals surface area contributed by atoms with Gasteiger partial charge >= 0.3 is 5.97 Å². The molecule has 0 aliphatic carbocycles. The number of carbonyl (C=O) groups is 2. The second-order valence-electron chi connectivity index (χ2n) is 5.45. The number of esters is 1. The summed E-state index contributed by atoms with van der Waals surface area (Å²) in [5, 5.41) is 0.585. The van der Waals surface area contributed by atoms with Gasteiger partial charge in [-0.2, -0.15) is 0 Å². The molecule has 0 aromatic heterocycles. The van der Waals surface area contributed by atoms with Crippen LogP contribution in [0.2, 0.25) is 5.02 Å². The lowest BCUT2D eigenvalue weighted by Gasteiger charge is -2.15. The average molecular weight is 342 g/mol. The first-order chi connectivity index (χ1) is 11.6. The van der Waals surface area contributed by atoms with Crippen LogP contribution in [0.3, 0.4) is 0 Å². The molecule has 4 nitrogen and oxygen atoms in total. The maximum absolute atomic E-state index is 11.8. The topological polar surface area (TPSA) is 46.6 Å². The van der Waals surface area contributed by atoms with Crippen molar-refractivity contribution in [2.45, 2.75) is 12.8 Å². The van der Waals surface area contributed by atoms with Crippen LogP contribution in [0.4, 0.5) is 5.69 Å². The molecule has 1 heterocycles. The van der Waals surface area contributed by atoms with Crippen LogP contribution in [0.25, 0.3) is 6.08 Å². The van der Waals surface area contributed by atoms with Gasteiger partial charge in [0.05, 0.1) is 0 Å². The number of hydrogen-bond acceptors (Lipinski definition) is 3. The highest BCUT2D eigenvalue weighted by atomic mass is 35.5. The molecule has 122 valence electrons. The summed E-state index contributed by atoms with van der Waals surface area (Å²) in [4.78, 5) is 25.3. The van der Waals surface area contributed by atoms with Crippen LogP contribution in [0, 0.1) is 0 Å². The maximum atomic E-state index is 11.8. The number of benzene rings is 2. The molecule has 0 radical (unpaired) electrons. The Bertz CT molecular complexity index is 766. The molecule has 2 aromatic rings. The highest BCUT2D eigenvalue weighted by Crippen LogP contribution is 2.22.